The van der Waals surface area contributed by atoms with Crippen molar-refractivity contribution in [3.63, 3.8) is 0 Å². The lowest BCUT2D eigenvalue weighted by atomic mass is 10.2. The Kier molecular flexibility index (Phi) is 3.79. The standard InChI is InChI=1S/C12H16ClNO4S/c1-12(3-4-12)14-19(16,17)10-6-9(13)5-8(7-15)11(10)18-2/h5-6,14-15H,3-4,7H2,1-2H3. The highest BCUT2D eigenvalue weighted by atomic mass is 35.5. The van der Waals surface area contributed by atoms with Crippen molar-refractivity contribution in [3.05, 3.63) is 22.7 Å². The van der Waals surface area contributed by atoms with Gasteiger partial charge in [0.2, 0.25) is 10.0 Å². The van der Waals surface area contributed by atoms with Crippen LogP contribution in [0.4, 0.5) is 0 Å². The topological polar surface area (TPSA) is 75.6 Å². The van der Waals surface area contributed by atoms with Gasteiger partial charge in [0.25, 0.3) is 0 Å². The number of nitrogens with one attached hydrogen (secondary N) is 1. The Labute approximate surface area is 117 Å². The first-order valence-electron chi connectivity index (χ1n) is 5.82. The van der Waals surface area contributed by atoms with E-state index in [0.717, 1.165) is 12.8 Å². The maximum Gasteiger partial charge on any atom is 0.244 e. The van der Waals surface area contributed by atoms with Crippen LogP contribution in [0.15, 0.2) is 17.0 Å². The maximum absolute atomic E-state index is 12.4. The zero-order valence-corrected chi connectivity index (χ0v) is 12.3. The summed E-state index contributed by atoms with van der Waals surface area (Å²) >= 11 is 5.89. The van der Waals surface area contributed by atoms with E-state index < -0.39 is 10.0 Å². The second-order valence-corrected chi connectivity index (χ2v) is 7.01. The number of halogens is 1. The number of hydrogen-bond acceptors (Lipinski definition) is 4. The predicted octanol–water partition coefficient (Wildman–Crippen LogP) is 1.67. The molecule has 0 spiro atoms. The van der Waals surface area contributed by atoms with Crippen LogP contribution >= 0.6 is 11.6 Å². The summed E-state index contributed by atoms with van der Waals surface area (Å²) in [6.07, 6.45) is 1.62. The zero-order valence-electron chi connectivity index (χ0n) is 10.7. The largest absolute Gasteiger partial charge is 0.495 e. The first-order chi connectivity index (χ1) is 8.81. The van der Waals surface area contributed by atoms with Crippen molar-refractivity contribution in [2.75, 3.05) is 7.11 Å². The molecule has 2 N–H and O–H groups in total. The Balaban J connectivity index is 2.51. The first-order valence-corrected chi connectivity index (χ1v) is 7.69. The van der Waals surface area contributed by atoms with Crippen LogP contribution in [0.1, 0.15) is 25.3 Å². The number of methoxy groups -OCH3 is 1. The molecule has 0 radical (unpaired) electrons. The van der Waals surface area contributed by atoms with E-state index in [1.165, 1.54) is 19.2 Å². The molecule has 0 unspecified atom stereocenters. The van der Waals surface area contributed by atoms with Gasteiger partial charge in [-0.25, -0.2) is 13.1 Å². The number of benzene rings is 1. The highest BCUT2D eigenvalue weighted by molar-refractivity contribution is 7.89. The van der Waals surface area contributed by atoms with Gasteiger partial charge in [0.15, 0.2) is 0 Å². The number of aliphatic hydroxyl groups excluding tert-OH is 1. The Morgan fingerprint density at radius 1 is 1.47 bits per heavy atom. The normalized spacial score (nSPS) is 17.3. The van der Waals surface area contributed by atoms with E-state index in [2.05, 4.69) is 4.72 Å². The molecule has 0 bridgehead atoms. The van der Waals surface area contributed by atoms with E-state index in [0.29, 0.717) is 5.56 Å². The molecule has 0 atom stereocenters. The monoisotopic (exact) mass is 305 g/mol. The van der Waals surface area contributed by atoms with Crippen molar-refractivity contribution in [1.29, 1.82) is 0 Å². The van der Waals surface area contributed by atoms with Crippen molar-refractivity contribution in [3.8, 4) is 5.75 Å². The molecule has 1 aromatic rings. The third-order valence-corrected chi connectivity index (χ3v) is 5.00. The molecule has 2 rings (SSSR count). The van der Waals surface area contributed by atoms with Gasteiger partial charge in [0.05, 0.1) is 13.7 Å². The number of hydrogen-bond donors (Lipinski definition) is 2. The van der Waals surface area contributed by atoms with E-state index in [9.17, 15) is 13.5 Å². The second kappa shape index (κ2) is 4.94. The third kappa shape index (κ3) is 3.02. The number of sulfonamides is 1. The molecule has 106 valence electrons. The zero-order chi connectivity index (χ0) is 14.3. The van der Waals surface area contributed by atoms with Crippen molar-refractivity contribution in [2.45, 2.75) is 36.8 Å². The summed E-state index contributed by atoms with van der Waals surface area (Å²) in [5.74, 6) is 0.128. The molecule has 0 aliphatic heterocycles. The van der Waals surface area contributed by atoms with E-state index in [1.54, 1.807) is 0 Å². The van der Waals surface area contributed by atoms with E-state index in [-0.39, 0.29) is 27.8 Å². The van der Waals surface area contributed by atoms with Crippen molar-refractivity contribution in [2.24, 2.45) is 0 Å². The first kappa shape index (κ1) is 14.6. The molecule has 0 aromatic heterocycles. The average Bonchev–Trinajstić information content (AvgIpc) is 3.04. The second-order valence-electron chi connectivity index (χ2n) is 4.92. The van der Waals surface area contributed by atoms with Crippen LogP contribution in [0.5, 0.6) is 5.75 Å². The number of ether oxygens (including phenoxy) is 1. The summed E-state index contributed by atoms with van der Waals surface area (Å²) in [4.78, 5) is -0.0420. The number of rotatable bonds is 5. The molecule has 5 nitrogen and oxygen atoms in total. The molecule has 1 aliphatic carbocycles. The molecule has 1 fully saturated rings. The Hall–Kier alpha value is -0.820. The van der Waals surface area contributed by atoms with E-state index >= 15 is 0 Å². The quantitative estimate of drug-likeness (QED) is 0.867. The third-order valence-electron chi connectivity index (χ3n) is 3.14. The Morgan fingerprint density at radius 3 is 2.58 bits per heavy atom. The molecule has 7 heteroatoms. The van der Waals surface area contributed by atoms with Crippen LogP contribution in [-0.2, 0) is 16.6 Å². The van der Waals surface area contributed by atoms with Crippen LogP contribution in [0.2, 0.25) is 5.02 Å². The van der Waals surface area contributed by atoms with Crippen LogP contribution in [0.3, 0.4) is 0 Å². The van der Waals surface area contributed by atoms with Crippen molar-refractivity contribution in [1.82, 2.24) is 4.72 Å². The van der Waals surface area contributed by atoms with Gasteiger partial charge >= 0.3 is 0 Å². The smallest absolute Gasteiger partial charge is 0.244 e. The molecule has 0 heterocycles. The number of aliphatic hydroxyl groups is 1. The van der Waals surface area contributed by atoms with E-state index in [1.807, 2.05) is 6.92 Å². The molecule has 1 aromatic carbocycles. The van der Waals surface area contributed by atoms with Gasteiger partial charge in [0.1, 0.15) is 10.6 Å². The van der Waals surface area contributed by atoms with Crippen molar-refractivity contribution >= 4 is 21.6 Å². The fourth-order valence-corrected chi connectivity index (χ4v) is 3.85. The Bertz CT molecular complexity index is 596. The molecular formula is C12H16ClNO4S. The minimum Gasteiger partial charge on any atom is -0.495 e. The lowest BCUT2D eigenvalue weighted by molar-refractivity contribution is 0.272. The molecule has 0 amide bonds. The predicted molar refractivity (Wildman–Crippen MR) is 71.9 cm³/mol. The fraction of sp³-hybridized carbons (Fsp3) is 0.500. The van der Waals surface area contributed by atoms with Gasteiger partial charge < -0.3 is 9.84 Å². The summed E-state index contributed by atoms with van der Waals surface area (Å²) in [6.45, 7) is 1.50. The van der Waals surface area contributed by atoms with Crippen LogP contribution in [0, 0.1) is 0 Å². The van der Waals surface area contributed by atoms with E-state index in [4.69, 9.17) is 16.3 Å². The lowest BCUT2D eigenvalue weighted by Gasteiger charge is -2.16. The summed E-state index contributed by atoms with van der Waals surface area (Å²) < 4.78 is 32.4. The summed E-state index contributed by atoms with van der Waals surface area (Å²) in [6, 6.07) is 2.81. The summed E-state index contributed by atoms with van der Waals surface area (Å²) in [7, 11) is -2.36. The summed E-state index contributed by atoms with van der Waals surface area (Å²) in [5.41, 5.74) is -0.0396. The van der Waals surface area contributed by atoms with Crippen LogP contribution in [-0.4, -0.2) is 26.2 Å². The molecule has 1 saturated carbocycles. The van der Waals surface area contributed by atoms with Crippen LogP contribution in [0.25, 0.3) is 0 Å². The molecule has 19 heavy (non-hydrogen) atoms. The molecule has 0 saturated heterocycles. The van der Waals surface area contributed by atoms with Crippen molar-refractivity contribution < 1.29 is 18.3 Å². The SMILES string of the molecule is COc1c(CO)cc(Cl)cc1S(=O)(=O)NC1(C)CC1. The minimum absolute atomic E-state index is 0.0420. The van der Waals surface area contributed by atoms with Gasteiger partial charge in [-0.15, -0.1) is 0 Å². The molecular weight excluding hydrogens is 290 g/mol. The average molecular weight is 306 g/mol. The van der Waals surface area contributed by atoms with Crippen LogP contribution < -0.4 is 9.46 Å². The highest BCUT2D eigenvalue weighted by Crippen LogP contribution is 2.38. The van der Waals surface area contributed by atoms with Gasteiger partial charge in [-0.3, -0.25) is 0 Å². The lowest BCUT2D eigenvalue weighted by Crippen LogP contribution is -2.34. The van der Waals surface area contributed by atoms with Gasteiger partial charge in [0, 0.05) is 16.1 Å². The van der Waals surface area contributed by atoms with Gasteiger partial charge in [-0.2, -0.15) is 0 Å². The maximum atomic E-state index is 12.4. The highest BCUT2D eigenvalue weighted by Gasteiger charge is 2.42. The summed E-state index contributed by atoms with van der Waals surface area (Å²) in [5, 5.41) is 9.50. The van der Waals surface area contributed by atoms with Gasteiger partial charge in [-0.05, 0) is 31.9 Å². The molecule has 1 aliphatic rings. The Morgan fingerprint density at radius 2 is 2.11 bits per heavy atom. The minimum atomic E-state index is -3.72. The van der Waals surface area contributed by atoms with Gasteiger partial charge in [-0.1, -0.05) is 11.6 Å². The fourth-order valence-electron chi connectivity index (χ4n) is 1.84.